The van der Waals surface area contributed by atoms with Crippen molar-refractivity contribution in [1.29, 1.82) is 0 Å². The van der Waals surface area contributed by atoms with E-state index in [4.69, 9.17) is 4.74 Å². The van der Waals surface area contributed by atoms with E-state index in [0.717, 1.165) is 25.5 Å². The molecule has 0 aromatic heterocycles. The Kier molecular flexibility index (Phi) is 3.39. The van der Waals surface area contributed by atoms with Crippen molar-refractivity contribution in [1.82, 2.24) is 5.32 Å². The third kappa shape index (κ3) is 2.32. The molecule has 0 heterocycles. The minimum absolute atomic E-state index is 0.000324. The maximum atomic E-state index is 13.3. The molecule has 2 rings (SSSR count). The van der Waals surface area contributed by atoms with Gasteiger partial charge in [0, 0.05) is 6.04 Å². The van der Waals surface area contributed by atoms with Crippen LogP contribution in [0.3, 0.4) is 0 Å². The molecule has 0 atom stereocenters. The van der Waals surface area contributed by atoms with Crippen molar-refractivity contribution in [3.05, 3.63) is 29.8 Å². The highest BCUT2D eigenvalue weighted by Crippen LogP contribution is 2.28. The van der Waals surface area contributed by atoms with Gasteiger partial charge in [0.15, 0.2) is 11.6 Å². The minimum atomic E-state index is -0.894. The second kappa shape index (κ2) is 4.78. The molecule has 0 spiro atoms. The third-order valence-electron chi connectivity index (χ3n) is 2.80. The first-order chi connectivity index (χ1) is 7.70. The first kappa shape index (κ1) is 11.3. The molecule has 1 aromatic rings. The van der Waals surface area contributed by atoms with E-state index in [9.17, 15) is 8.78 Å². The van der Waals surface area contributed by atoms with Gasteiger partial charge in [-0.1, -0.05) is 13.0 Å². The zero-order valence-electron chi connectivity index (χ0n) is 9.17. The maximum absolute atomic E-state index is 13.3. The van der Waals surface area contributed by atoms with Gasteiger partial charge in [0.25, 0.3) is 0 Å². The average molecular weight is 227 g/mol. The first-order valence-corrected chi connectivity index (χ1v) is 5.54. The molecule has 88 valence electrons. The van der Waals surface area contributed by atoms with Gasteiger partial charge in [0.2, 0.25) is 5.82 Å². The lowest BCUT2D eigenvalue weighted by Crippen LogP contribution is -2.46. The van der Waals surface area contributed by atoms with E-state index in [-0.39, 0.29) is 11.9 Å². The van der Waals surface area contributed by atoms with Crippen LogP contribution in [-0.2, 0) is 0 Å². The largest absolute Gasteiger partial charge is 0.487 e. The molecule has 0 unspecified atom stereocenters. The molecule has 0 amide bonds. The maximum Gasteiger partial charge on any atom is 0.200 e. The summed E-state index contributed by atoms with van der Waals surface area (Å²) < 4.78 is 31.5. The molecule has 4 heteroatoms. The third-order valence-corrected chi connectivity index (χ3v) is 2.80. The van der Waals surface area contributed by atoms with Crippen LogP contribution in [0.25, 0.3) is 0 Å². The van der Waals surface area contributed by atoms with Crippen molar-refractivity contribution < 1.29 is 13.5 Å². The number of benzene rings is 1. The smallest absolute Gasteiger partial charge is 0.200 e. The lowest BCUT2D eigenvalue weighted by atomic mass is 9.89. The van der Waals surface area contributed by atoms with Crippen molar-refractivity contribution in [2.75, 3.05) is 6.54 Å². The number of ether oxygens (including phenoxy) is 1. The molecule has 0 bridgehead atoms. The van der Waals surface area contributed by atoms with E-state index in [1.165, 1.54) is 12.1 Å². The Hall–Kier alpha value is -1.16. The average Bonchev–Trinajstić information content (AvgIpc) is 2.21. The summed E-state index contributed by atoms with van der Waals surface area (Å²) in [6.45, 7) is 2.96. The van der Waals surface area contributed by atoms with Gasteiger partial charge in [-0.2, -0.15) is 4.39 Å². The quantitative estimate of drug-likeness (QED) is 0.853. The summed E-state index contributed by atoms with van der Waals surface area (Å²) in [4.78, 5) is 0. The van der Waals surface area contributed by atoms with Crippen molar-refractivity contribution in [2.45, 2.75) is 31.9 Å². The molecule has 1 aliphatic carbocycles. The summed E-state index contributed by atoms with van der Waals surface area (Å²) in [5.41, 5.74) is 0. The fourth-order valence-electron chi connectivity index (χ4n) is 1.87. The monoisotopic (exact) mass is 227 g/mol. The van der Waals surface area contributed by atoms with Gasteiger partial charge in [-0.15, -0.1) is 0 Å². The Morgan fingerprint density at radius 2 is 2.12 bits per heavy atom. The highest BCUT2D eigenvalue weighted by Gasteiger charge is 2.30. The van der Waals surface area contributed by atoms with Gasteiger partial charge in [0.1, 0.15) is 6.10 Å². The van der Waals surface area contributed by atoms with Crippen molar-refractivity contribution in [2.24, 2.45) is 0 Å². The molecule has 1 N–H and O–H groups in total. The van der Waals surface area contributed by atoms with Crippen LogP contribution in [0.1, 0.15) is 19.8 Å². The zero-order valence-corrected chi connectivity index (χ0v) is 9.17. The van der Waals surface area contributed by atoms with Crippen LogP contribution < -0.4 is 10.1 Å². The summed E-state index contributed by atoms with van der Waals surface area (Å²) >= 11 is 0. The fraction of sp³-hybridized carbons (Fsp3) is 0.500. The first-order valence-electron chi connectivity index (χ1n) is 5.54. The highest BCUT2D eigenvalue weighted by atomic mass is 19.2. The molecule has 2 nitrogen and oxygen atoms in total. The Bertz CT molecular complexity index is 364. The van der Waals surface area contributed by atoms with Crippen LogP contribution >= 0.6 is 0 Å². The molecule has 0 radical (unpaired) electrons. The molecule has 1 fully saturated rings. The molecular weight excluding hydrogens is 212 g/mol. The molecule has 0 aliphatic heterocycles. The van der Waals surface area contributed by atoms with Gasteiger partial charge >= 0.3 is 0 Å². The Balaban J connectivity index is 1.89. The van der Waals surface area contributed by atoms with Gasteiger partial charge in [-0.25, -0.2) is 4.39 Å². The molecule has 16 heavy (non-hydrogen) atoms. The Labute approximate surface area is 93.6 Å². The van der Waals surface area contributed by atoms with Gasteiger partial charge in [-0.3, -0.25) is 0 Å². The van der Waals surface area contributed by atoms with Gasteiger partial charge in [0.05, 0.1) is 0 Å². The van der Waals surface area contributed by atoms with Crippen molar-refractivity contribution in [3.8, 4) is 5.75 Å². The lowest BCUT2D eigenvalue weighted by Gasteiger charge is -2.35. The van der Waals surface area contributed by atoms with E-state index in [1.807, 2.05) is 6.92 Å². The van der Waals surface area contributed by atoms with Crippen LogP contribution in [0.4, 0.5) is 8.78 Å². The van der Waals surface area contributed by atoms with Gasteiger partial charge < -0.3 is 10.1 Å². The Morgan fingerprint density at radius 1 is 1.38 bits per heavy atom. The van der Waals surface area contributed by atoms with Crippen LogP contribution in [0.5, 0.6) is 5.75 Å². The van der Waals surface area contributed by atoms with E-state index in [2.05, 4.69) is 5.32 Å². The standard InChI is InChI=1S/C12H15F2NO/c1-2-15-8-6-9(7-8)16-11-5-3-4-10(13)12(11)14/h3-5,8-9,15H,2,6-7H2,1H3. The Morgan fingerprint density at radius 3 is 2.81 bits per heavy atom. The minimum Gasteiger partial charge on any atom is -0.487 e. The van der Waals surface area contributed by atoms with E-state index in [1.54, 1.807) is 0 Å². The summed E-state index contributed by atoms with van der Waals surface area (Å²) in [6.07, 6.45) is 1.70. The highest BCUT2D eigenvalue weighted by molar-refractivity contribution is 5.25. The SMILES string of the molecule is CCNC1CC(Oc2cccc(F)c2F)C1. The summed E-state index contributed by atoms with van der Waals surface area (Å²) in [5.74, 6) is -1.74. The normalized spacial score (nSPS) is 23.9. The number of nitrogens with one attached hydrogen (secondary N) is 1. The van der Waals surface area contributed by atoms with Crippen molar-refractivity contribution >= 4 is 0 Å². The topological polar surface area (TPSA) is 21.3 Å². The van der Waals surface area contributed by atoms with E-state index in [0.29, 0.717) is 6.04 Å². The van der Waals surface area contributed by atoms with E-state index < -0.39 is 11.6 Å². The second-order valence-corrected chi connectivity index (χ2v) is 4.02. The summed E-state index contributed by atoms with van der Waals surface area (Å²) in [7, 11) is 0. The van der Waals surface area contributed by atoms with Crippen LogP contribution in [0, 0.1) is 11.6 Å². The molecule has 0 saturated heterocycles. The molecule has 1 aromatic carbocycles. The molecular formula is C12H15F2NO. The number of rotatable bonds is 4. The second-order valence-electron chi connectivity index (χ2n) is 4.02. The van der Waals surface area contributed by atoms with Crippen LogP contribution in [-0.4, -0.2) is 18.7 Å². The summed E-state index contributed by atoms with van der Waals surface area (Å²) in [5, 5.41) is 3.28. The number of hydrogen-bond donors (Lipinski definition) is 1. The predicted octanol–water partition coefficient (Wildman–Crippen LogP) is 2.48. The number of halogens is 2. The summed E-state index contributed by atoms with van der Waals surface area (Å²) in [6, 6.07) is 4.45. The van der Waals surface area contributed by atoms with Gasteiger partial charge in [-0.05, 0) is 31.5 Å². The molecule has 1 saturated carbocycles. The fourth-order valence-corrected chi connectivity index (χ4v) is 1.87. The number of hydrogen-bond acceptors (Lipinski definition) is 2. The zero-order chi connectivity index (χ0) is 11.5. The van der Waals surface area contributed by atoms with E-state index >= 15 is 0 Å². The van der Waals surface area contributed by atoms with Crippen molar-refractivity contribution in [3.63, 3.8) is 0 Å². The van der Waals surface area contributed by atoms with Crippen LogP contribution in [0.15, 0.2) is 18.2 Å². The van der Waals surface area contributed by atoms with Crippen LogP contribution in [0.2, 0.25) is 0 Å². The lowest BCUT2D eigenvalue weighted by molar-refractivity contribution is 0.0811. The molecule has 1 aliphatic rings. The predicted molar refractivity (Wildman–Crippen MR) is 57.5 cm³/mol.